The number of hydrogen-bond donors (Lipinski definition) is 2. The molecule has 9 rings (SSSR count). The van der Waals surface area contributed by atoms with E-state index >= 15 is 0 Å². The molecule has 0 radical (unpaired) electrons. The lowest BCUT2D eigenvalue weighted by Gasteiger charge is -2.19. The maximum Gasteiger partial charge on any atom is 0.0712 e. The van der Waals surface area contributed by atoms with Crippen LogP contribution < -0.4 is 5.43 Å². The molecule has 48 heavy (non-hydrogen) atoms. The molecule has 0 amide bonds. The van der Waals surface area contributed by atoms with Crippen molar-refractivity contribution in [3.63, 3.8) is 0 Å². The van der Waals surface area contributed by atoms with E-state index in [2.05, 4.69) is 137 Å². The number of nitrogens with zero attached hydrogens (tertiary/aromatic N) is 2. The van der Waals surface area contributed by atoms with Crippen LogP contribution >= 0.6 is 0 Å². The Morgan fingerprint density at radius 3 is 2.12 bits per heavy atom. The molecular formula is C44H34N4. The van der Waals surface area contributed by atoms with Crippen LogP contribution in [0.25, 0.3) is 61.3 Å². The van der Waals surface area contributed by atoms with Crippen LogP contribution in [0.15, 0.2) is 157 Å². The molecule has 0 bridgehead atoms. The highest BCUT2D eigenvalue weighted by molar-refractivity contribution is 6.15. The van der Waals surface area contributed by atoms with Gasteiger partial charge in [0.05, 0.1) is 28.0 Å². The van der Waals surface area contributed by atoms with Crippen molar-refractivity contribution in [1.82, 2.24) is 9.24 Å². The van der Waals surface area contributed by atoms with Crippen LogP contribution in [0, 0.1) is 11.3 Å². The number of fused-ring (bicyclic) bond motifs is 6. The van der Waals surface area contributed by atoms with Gasteiger partial charge in [-0.15, -0.1) is 0 Å². The molecule has 0 saturated heterocycles. The molecule has 2 heterocycles. The molecule has 4 heteroatoms. The number of nitrogens with one attached hydrogen (secondary N) is 2. The largest absolute Gasteiger partial charge is 0.310 e. The third-order valence-corrected chi connectivity index (χ3v) is 9.72. The van der Waals surface area contributed by atoms with Crippen molar-refractivity contribution in [2.45, 2.75) is 13.3 Å². The Labute approximate surface area is 279 Å². The van der Waals surface area contributed by atoms with Crippen molar-refractivity contribution >= 4 is 50.2 Å². The van der Waals surface area contributed by atoms with Crippen LogP contribution in [-0.4, -0.2) is 15.0 Å². The lowest BCUT2D eigenvalue weighted by Crippen LogP contribution is -2.17. The molecule has 2 N–H and O–H groups in total. The van der Waals surface area contributed by atoms with Crippen molar-refractivity contribution in [1.29, 1.82) is 5.41 Å². The Bertz CT molecular complexity index is 2520. The molecule has 1 unspecified atom stereocenters. The monoisotopic (exact) mass is 618 g/mol. The van der Waals surface area contributed by atoms with Crippen LogP contribution in [0.1, 0.15) is 23.7 Å². The number of para-hydroxylation sites is 2. The molecule has 2 aromatic heterocycles. The molecule has 4 nitrogen and oxygen atoms in total. The summed E-state index contributed by atoms with van der Waals surface area (Å²) in [5, 5.41) is 12.4. The summed E-state index contributed by atoms with van der Waals surface area (Å²) >= 11 is 0. The molecule has 0 aliphatic heterocycles. The summed E-state index contributed by atoms with van der Waals surface area (Å²) in [6.07, 6.45) is 13.4. The summed E-state index contributed by atoms with van der Waals surface area (Å²) in [6.45, 7) is 2.30. The molecule has 7 aromatic rings. The topological polar surface area (TPSA) is 45.7 Å². The van der Waals surface area contributed by atoms with Gasteiger partial charge in [0.25, 0.3) is 0 Å². The standard InChI is InChI=1S/C44H34N4/c1-29-20-23-40-36(26-29)38-28-31(21-24-41(38)47(40)33-14-6-3-7-15-33)32-22-25-43-37(27-32)34-16-9-11-19-42(34)48(43)46-44(30-12-4-2-5-13-30)35-17-8-10-18-39(35)45/h2-25,27-29,45-46H,26H2,1H3/b44-35-,45-39?. The fourth-order valence-corrected chi connectivity index (χ4v) is 7.42. The van der Waals surface area contributed by atoms with E-state index in [9.17, 15) is 0 Å². The summed E-state index contributed by atoms with van der Waals surface area (Å²) in [7, 11) is 0. The van der Waals surface area contributed by atoms with Crippen molar-refractivity contribution in [2.24, 2.45) is 5.92 Å². The number of allylic oxidation sites excluding steroid dienone is 6. The summed E-state index contributed by atoms with van der Waals surface area (Å²) < 4.78 is 4.59. The Morgan fingerprint density at radius 2 is 1.33 bits per heavy atom. The zero-order valence-electron chi connectivity index (χ0n) is 26.7. The van der Waals surface area contributed by atoms with Crippen molar-refractivity contribution in [2.75, 3.05) is 5.43 Å². The second-order valence-corrected chi connectivity index (χ2v) is 12.8. The molecule has 230 valence electrons. The minimum Gasteiger partial charge on any atom is -0.310 e. The fraction of sp³-hybridized carbons (Fsp3) is 0.0682. The molecule has 2 aliphatic rings. The SMILES string of the molecule is CC1C=Cc2c(c3cc(-c4ccc5c(c4)c4ccccc4n5N/C(=C4/C=CC=CC4=N)c4ccccc4)ccc3n2-c2ccccc2)C1. The highest BCUT2D eigenvalue weighted by atomic mass is 15.4. The van der Waals surface area contributed by atoms with Gasteiger partial charge in [-0.05, 0) is 83.6 Å². The van der Waals surface area contributed by atoms with E-state index in [0.29, 0.717) is 11.6 Å². The number of benzene rings is 5. The second-order valence-electron chi connectivity index (χ2n) is 12.8. The van der Waals surface area contributed by atoms with E-state index in [1.165, 1.54) is 49.7 Å². The third kappa shape index (κ3) is 4.57. The maximum atomic E-state index is 8.73. The quantitative estimate of drug-likeness (QED) is 0.198. The smallest absolute Gasteiger partial charge is 0.0712 e. The van der Waals surface area contributed by atoms with Gasteiger partial charge in [0.15, 0.2) is 0 Å². The summed E-state index contributed by atoms with van der Waals surface area (Å²) in [6, 6.07) is 43.3. The molecule has 2 aliphatic carbocycles. The Hall–Kier alpha value is -6.13. The Balaban J connectivity index is 1.20. The highest BCUT2D eigenvalue weighted by Gasteiger charge is 2.22. The molecule has 0 fully saturated rings. The summed E-state index contributed by atoms with van der Waals surface area (Å²) in [4.78, 5) is 0. The van der Waals surface area contributed by atoms with Gasteiger partial charge in [-0.1, -0.05) is 110 Å². The fourth-order valence-electron chi connectivity index (χ4n) is 7.42. The molecule has 5 aromatic carbocycles. The predicted molar refractivity (Wildman–Crippen MR) is 202 cm³/mol. The van der Waals surface area contributed by atoms with Crippen LogP contribution in [-0.2, 0) is 6.42 Å². The van der Waals surface area contributed by atoms with Gasteiger partial charge in [-0.3, -0.25) is 10.1 Å². The number of rotatable bonds is 5. The predicted octanol–water partition coefficient (Wildman–Crippen LogP) is 10.7. The van der Waals surface area contributed by atoms with E-state index in [1.807, 2.05) is 42.5 Å². The minimum absolute atomic E-state index is 0.482. The van der Waals surface area contributed by atoms with Gasteiger partial charge in [-0.2, -0.15) is 0 Å². The molecule has 0 spiro atoms. The highest BCUT2D eigenvalue weighted by Crippen LogP contribution is 2.39. The molecular weight excluding hydrogens is 585 g/mol. The van der Waals surface area contributed by atoms with E-state index in [1.54, 1.807) is 0 Å². The minimum atomic E-state index is 0.482. The van der Waals surface area contributed by atoms with Crippen LogP contribution in [0.5, 0.6) is 0 Å². The Morgan fingerprint density at radius 1 is 0.667 bits per heavy atom. The maximum absolute atomic E-state index is 8.73. The van der Waals surface area contributed by atoms with E-state index in [0.717, 1.165) is 34.3 Å². The van der Waals surface area contributed by atoms with Crippen LogP contribution in [0.3, 0.4) is 0 Å². The van der Waals surface area contributed by atoms with E-state index in [-0.39, 0.29) is 0 Å². The average Bonchev–Trinajstić information content (AvgIpc) is 3.63. The van der Waals surface area contributed by atoms with Gasteiger partial charge in [-0.25, -0.2) is 0 Å². The van der Waals surface area contributed by atoms with Crippen molar-refractivity contribution in [3.8, 4) is 16.8 Å². The molecule has 1 atom stereocenters. The lowest BCUT2D eigenvalue weighted by molar-refractivity contribution is 0.718. The zero-order chi connectivity index (χ0) is 32.2. The van der Waals surface area contributed by atoms with Crippen molar-refractivity contribution < 1.29 is 0 Å². The van der Waals surface area contributed by atoms with E-state index in [4.69, 9.17) is 5.41 Å². The number of hydrogen-bond acceptors (Lipinski definition) is 2. The van der Waals surface area contributed by atoms with E-state index < -0.39 is 0 Å². The summed E-state index contributed by atoms with van der Waals surface area (Å²) in [5.74, 6) is 0.505. The van der Waals surface area contributed by atoms with Crippen molar-refractivity contribution in [3.05, 3.63) is 174 Å². The first-order chi connectivity index (χ1) is 23.6. The normalized spacial score (nSPS) is 16.6. The van der Waals surface area contributed by atoms with Gasteiger partial charge in [0, 0.05) is 38.7 Å². The Kier molecular flexibility index (Phi) is 6.61. The average molecular weight is 619 g/mol. The van der Waals surface area contributed by atoms with Crippen LogP contribution in [0.2, 0.25) is 0 Å². The van der Waals surface area contributed by atoms with Gasteiger partial charge < -0.3 is 9.98 Å². The zero-order valence-corrected chi connectivity index (χ0v) is 26.7. The summed E-state index contributed by atoms with van der Waals surface area (Å²) in [5.41, 5.74) is 16.8. The van der Waals surface area contributed by atoms with Gasteiger partial charge in [0.1, 0.15) is 0 Å². The third-order valence-electron chi connectivity index (χ3n) is 9.72. The number of aromatic nitrogens is 2. The first kappa shape index (κ1) is 28.1. The van der Waals surface area contributed by atoms with Gasteiger partial charge in [0.2, 0.25) is 0 Å². The van der Waals surface area contributed by atoms with Crippen LogP contribution in [0.4, 0.5) is 0 Å². The lowest BCUT2D eigenvalue weighted by atomic mass is 9.92. The molecule has 0 saturated carbocycles. The second kappa shape index (κ2) is 11.3. The first-order valence-corrected chi connectivity index (χ1v) is 16.6. The van der Waals surface area contributed by atoms with Gasteiger partial charge >= 0.3 is 0 Å². The first-order valence-electron chi connectivity index (χ1n) is 16.6.